The van der Waals surface area contributed by atoms with Crippen LogP contribution in [-0.2, 0) is 9.59 Å². The number of piperidine rings is 2. The summed E-state index contributed by atoms with van der Waals surface area (Å²) in [4.78, 5) is 30.3. The number of benzene rings is 1. The molecule has 1 aromatic heterocycles. The fraction of sp³-hybridized carbons (Fsp3) is 0.480. The Balaban J connectivity index is 1.39. The zero-order valence-corrected chi connectivity index (χ0v) is 19.8. The third kappa shape index (κ3) is 6.24. The van der Waals surface area contributed by atoms with Gasteiger partial charge in [-0.05, 0) is 61.9 Å². The van der Waals surface area contributed by atoms with E-state index in [0.717, 1.165) is 68.7 Å². The van der Waals surface area contributed by atoms with Gasteiger partial charge in [-0.2, -0.15) is 0 Å². The predicted molar refractivity (Wildman–Crippen MR) is 132 cm³/mol. The number of pyridine rings is 1. The molecular weight excluding hydrogens is 438 g/mol. The molecule has 2 aromatic rings. The smallest absolute Gasteiger partial charge is 0.229 e. The van der Waals surface area contributed by atoms with Gasteiger partial charge in [0, 0.05) is 50.6 Å². The Kier molecular flexibility index (Phi) is 7.83. The minimum Gasteiger partial charge on any atom is -0.385 e. The highest BCUT2D eigenvalue weighted by atomic mass is 35.5. The van der Waals surface area contributed by atoms with E-state index in [2.05, 4.69) is 27.0 Å². The first-order chi connectivity index (χ1) is 16.0. The number of aromatic nitrogens is 1. The number of anilines is 2. The van der Waals surface area contributed by atoms with Crippen LogP contribution in [0.1, 0.15) is 32.6 Å². The molecule has 2 aliphatic rings. The Morgan fingerprint density at radius 3 is 2.76 bits per heavy atom. The highest BCUT2D eigenvalue weighted by molar-refractivity contribution is 6.33. The van der Waals surface area contributed by atoms with E-state index in [1.807, 2.05) is 29.2 Å². The van der Waals surface area contributed by atoms with Gasteiger partial charge < -0.3 is 20.9 Å². The summed E-state index contributed by atoms with van der Waals surface area (Å²) >= 11 is 6.47. The Labute approximate surface area is 200 Å². The van der Waals surface area contributed by atoms with Crippen molar-refractivity contribution < 1.29 is 9.59 Å². The van der Waals surface area contributed by atoms with E-state index >= 15 is 0 Å². The van der Waals surface area contributed by atoms with Gasteiger partial charge in [-0.3, -0.25) is 9.59 Å². The van der Waals surface area contributed by atoms with Crippen molar-refractivity contribution in [1.29, 1.82) is 0 Å². The van der Waals surface area contributed by atoms with Crippen LogP contribution in [0.5, 0.6) is 0 Å². The summed E-state index contributed by atoms with van der Waals surface area (Å²) in [6, 6.07) is 9.96. The largest absolute Gasteiger partial charge is 0.385 e. The van der Waals surface area contributed by atoms with Gasteiger partial charge in [-0.15, -0.1) is 0 Å². The first-order valence-corrected chi connectivity index (χ1v) is 12.1. The Morgan fingerprint density at radius 2 is 2.03 bits per heavy atom. The quantitative estimate of drug-likeness (QED) is 0.595. The SMILES string of the molecule is CC(=O)N1CCC(CNc2cccc(-c3cc(NC(=O)[C@@H]4CCCNC4)ncc3Cl)c2)CC1. The third-order valence-corrected chi connectivity index (χ3v) is 6.90. The van der Waals surface area contributed by atoms with E-state index in [1.54, 1.807) is 13.1 Å². The average Bonchev–Trinajstić information content (AvgIpc) is 2.85. The zero-order chi connectivity index (χ0) is 23.2. The molecule has 0 aliphatic carbocycles. The molecule has 176 valence electrons. The zero-order valence-electron chi connectivity index (χ0n) is 19.1. The number of halogens is 1. The van der Waals surface area contributed by atoms with E-state index in [9.17, 15) is 9.59 Å². The lowest BCUT2D eigenvalue weighted by molar-refractivity contribution is -0.130. The molecule has 3 heterocycles. The van der Waals surface area contributed by atoms with Crippen LogP contribution < -0.4 is 16.0 Å². The van der Waals surface area contributed by atoms with Gasteiger partial charge in [-0.25, -0.2) is 4.98 Å². The number of hydrogen-bond donors (Lipinski definition) is 3. The molecule has 0 spiro atoms. The molecule has 33 heavy (non-hydrogen) atoms. The van der Waals surface area contributed by atoms with Crippen LogP contribution in [0, 0.1) is 11.8 Å². The molecule has 2 aliphatic heterocycles. The molecule has 0 unspecified atom stereocenters. The van der Waals surface area contributed by atoms with Crippen LogP contribution in [0.3, 0.4) is 0 Å². The predicted octanol–water partition coefficient (Wildman–Crippen LogP) is 4.01. The van der Waals surface area contributed by atoms with Crippen LogP contribution in [-0.4, -0.2) is 54.4 Å². The third-order valence-electron chi connectivity index (χ3n) is 6.60. The number of nitrogens with zero attached hydrogens (tertiary/aromatic N) is 2. The van der Waals surface area contributed by atoms with E-state index in [4.69, 9.17) is 11.6 Å². The number of rotatable bonds is 6. The van der Waals surface area contributed by atoms with Gasteiger partial charge in [0.05, 0.1) is 10.9 Å². The minimum atomic E-state index is -0.0329. The average molecular weight is 470 g/mol. The van der Waals surface area contributed by atoms with Gasteiger partial charge in [0.15, 0.2) is 0 Å². The maximum absolute atomic E-state index is 12.6. The molecular formula is C25H32ClN5O2. The molecule has 0 saturated carbocycles. The second-order valence-electron chi connectivity index (χ2n) is 8.99. The van der Waals surface area contributed by atoms with E-state index < -0.39 is 0 Å². The van der Waals surface area contributed by atoms with E-state index in [0.29, 0.717) is 23.3 Å². The molecule has 4 rings (SSSR count). The number of amides is 2. The summed E-state index contributed by atoms with van der Waals surface area (Å²) in [5, 5.41) is 10.3. The molecule has 8 heteroatoms. The van der Waals surface area contributed by atoms with E-state index in [1.165, 1.54) is 0 Å². The van der Waals surface area contributed by atoms with E-state index in [-0.39, 0.29) is 17.7 Å². The molecule has 2 amide bonds. The lowest BCUT2D eigenvalue weighted by Crippen LogP contribution is -2.38. The number of nitrogens with one attached hydrogen (secondary N) is 3. The van der Waals surface area contributed by atoms with Crippen molar-refractivity contribution in [3.63, 3.8) is 0 Å². The maximum atomic E-state index is 12.6. The number of carbonyl (C=O) groups is 2. The number of hydrogen-bond acceptors (Lipinski definition) is 5. The van der Waals surface area contributed by atoms with Crippen molar-refractivity contribution in [1.82, 2.24) is 15.2 Å². The van der Waals surface area contributed by atoms with Gasteiger partial charge in [0.2, 0.25) is 11.8 Å². The van der Waals surface area contributed by atoms with Gasteiger partial charge in [-0.1, -0.05) is 23.7 Å². The topological polar surface area (TPSA) is 86.4 Å². The Hall–Kier alpha value is -2.64. The van der Waals surface area contributed by atoms with Crippen molar-refractivity contribution in [2.75, 3.05) is 43.4 Å². The fourth-order valence-electron chi connectivity index (χ4n) is 4.54. The van der Waals surface area contributed by atoms with Gasteiger partial charge in [0.25, 0.3) is 0 Å². The molecule has 0 radical (unpaired) electrons. The van der Waals surface area contributed by atoms with Crippen LogP contribution in [0.2, 0.25) is 5.02 Å². The molecule has 1 atom stereocenters. The number of likely N-dealkylation sites (tertiary alicyclic amines) is 1. The standard InChI is InChI=1S/C25H32ClN5O2/c1-17(32)31-10-7-18(8-11-31)14-28-21-6-2-4-19(12-21)22-13-24(29-16-23(22)26)30-25(33)20-5-3-9-27-15-20/h2,4,6,12-13,16,18,20,27-28H,3,5,7-11,14-15H2,1H3,(H,29,30,33)/t20-/m1/s1. The first-order valence-electron chi connectivity index (χ1n) is 11.8. The molecule has 2 saturated heterocycles. The molecule has 7 nitrogen and oxygen atoms in total. The summed E-state index contributed by atoms with van der Waals surface area (Å²) in [6.45, 7) is 5.84. The molecule has 3 N–H and O–H groups in total. The lowest BCUT2D eigenvalue weighted by Gasteiger charge is -2.31. The summed E-state index contributed by atoms with van der Waals surface area (Å²) < 4.78 is 0. The van der Waals surface area contributed by atoms with Crippen molar-refractivity contribution in [2.45, 2.75) is 32.6 Å². The van der Waals surface area contributed by atoms with Crippen molar-refractivity contribution >= 4 is 34.9 Å². The van der Waals surface area contributed by atoms with Crippen molar-refractivity contribution in [3.8, 4) is 11.1 Å². The molecule has 1 aromatic carbocycles. The Morgan fingerprint density at radius 1 is 1.21 bits per heavy atom. The summed E-state index contributed by atoms with van der Waals surface area (Å²) in [7, 11) is 0. The summed E-state index contributed by atoms with van der Waals surface area (Å²) in [5.74, 6) is 1.18. The number of carbonyl (C=O) groups excluding carboxylic acids is 2. The highest BCUT2D eigenvalue weighted by Gasteiger charge is 2.22. The van der Waals surface area contributed by atoms with Crippen molar-refractivity contribution in [3.05, 3.63) is 41.6 Å². The van der Waals surface area contributed by atoms with Crippen LogP contribution >= 0.6 is 11.6 Å². The van der Waals surface area contributed by atoms with Crippen LogP contribution in [0.25, 0.3) is 11.1 Å². The summed E-state index contributed by atoms with van der Waals surface area (Å²) in [5.41, 5.74) is 2.82. The fourth-order valence-corrected chi connectivity index (χ4v) is 4.76. The Bertz CT molecular complexity index is 985. The van der Waals surface area contributed by atoms with Crippen LogP contribution in [0.15, 0.2) is 36.5 Å². The second kappa shape index (κ2) is 11.0. The molecule has 2 fully saturated rings. The molecule has 0 bridgehead atoms. The minimum absolute atomic E-state index is 0.00536. The monoisotopic (exact) mass is 469 g/mol. The maximum Gasteiger partial charge on any atom is 0.229 e. The van der Waals surface area contributed by atoms with Gasteiger partial charge in [0.1, 0.15) is 5.82 Å². The first kappa shape index (κ1) is 23.5. The second-order valence-corrected chi connectivity index (χ2v) is 9.40. The van der Waals surface area contributed by atoms with Crippen molar-refractivity contribution in [2.24, 2.45) is 11.8 Å². The summed E-state index contributed by atoms with van der Waals surface area (Å²) in [6.07, 6.45) is 5.52. The van der Waals surface area contributed by atoms with Gasteiger partial charge >= 0.3 is 0 Å². The highest BCUT2D eigenvalue weighted by Crippen LogP contribution is 2.31. The lowest BCUT2D eigenvalue weighted by atomic mass is 9.96. The normalized spacial score (nSPS) is 19.2. The van der Waals surface area contributed by atoms with Crippen LogP contribution in [0.4, 0.5) is 11.5 Å².